The van der Waals surface area contributed by atoms with E-state index in [0.29, 0.717) is 12.7 Å². The van der Waals surface area contributed by atoms with Crippen LogP contribution in [0.2, 0.25) is 0 Å². The van der Waals surface area contributed by atoms with Gasteiger partial charge in [0, 0.05) is 19.6 Å². The van der Waals surface area contributed by atoms with Crippen molar-refractivity contribution in [1.82, 2.24) is 15.5 Å². The second-order valence-corrected chi connectivity index (χ2v) is 6.83. The van der Waals surface area contributed by atoms with Crippen LogP contribution in [0.15, 0.2) is 23.2 Å². The summed E-state index contributed by atoms with van der Waals surface area (Å²) in [5.41, 5.74) is 1.24. The summed E-state index contributed by atoms with van der Waals surface area (Å²) in [7, 11) is 2.20. The number of aliphatic imine (C=N–C) groups is 1. The number of likely N-dealkylation sites (tertiary alicyclic amines) is 1. The van der Waals surface area contributed by atoms with E-state index in [2.05, 4.69) is 41.6 Å². The fourth-order valence-electron chi connectivity index (χ4n) is 3.23. The predicted molar refractivity (Wildman–Crippen MR) is 100 cm³/mol. The van der Waals surface area contributed by atoms with Crippen molar-refractivity contribution in [2.24, 2.45) is 10.9 Å². The van der Waals surface area contributed by atoms with Crippen LogP contribution in [0.1, 0.15) is 25.3 Å². The summed E-state index contributed by atoms with van der Waals surface area (Å²) in [6, 6.07) is 6.14. The number of nitrogens with one attached hydrogen (secondary N) is 2. The Kier molecular flexibility index (Phi) is 6.39. The number of piperidine rings is 1. The van der Waals surface area contributed by atoms with Gasteiger partial charge in [-0.1, -0.05) is 6.07 Å². The van der Waals surface area contributed by atoms with E-state index in [-0.39, 0.29) is 0 Å². The summed E-state index contributed by atoms with van der Waals surface area (Å²) >= 11 is 0. The Bertz CT molecular complexity index is 583. The molecule has 0 atom stereocenters. The number of hydrogen-bond donors (Lipinski definition) is 2. The minimum atomic E-state index is 0.325. The van der Waals surface area contributed by atoms with Gasteiger partial charge in [0.05, 0.1) is 0 Å². The molecule has 0 bridgehead atoms. The van der Waals surface area contributed by atoms with Gasteiger partial charge >= 0.3 is 0 Å². The number of benzene rings is 1. The number of hydrogen-bond acceptors (Lipinski definition) is 4. The highest BCUT2D eigenvalue weighted by Gasteiger charge is 2.16. The Morgan fingerprint density at radius 3 is 2.80 bits per heavy atom. The quantitative estimate of drug-likeness (QED) is 0.608. The van der Waals surface area contributed by atoms with E-state index < -0.39 is 0 Å². The summed E-state index contributed by atoms with van der Waals surface area (Å²) in [6.45, 7) is 7.44. The topological polar surface area (TPSA) is 58.1 Å². The lowest BCUT2D eigenvalue weighted by Gasteiger charge is -2.28. The van der Waals surface area contributed by atoms with Crippen molar-refractivity contribution in [2.75, 3.05) is 46.6 Å². The third-order valence-corrected chi connectivity index (χ3v) is 4.83. The average molecular weight is 346 g/mol. The van der Waals surface area contributed by atoms with Crippen LogP contribution in [0.5, 0.6) is 11.5 Å². The molecule has 0 amide bonds. The van der Waals surface area contributed by atoms with Crippen molar-refractivity contribution in [2.45, 2.75) is 26.2 Å². The molecule has 1 saturated heterocycles. The Labute approximate surface area is 150 Å². The maximum Gasteiger partial charge on any atom is 0.231 e. The number of rotatable bonds is 6. The standard InChI is InChI=1S/C19H30N4O2/c1-3-20-19(22-13-16-7-10-23(2)11-8-16)21-9-6-15-4-5-17-18(12-15)25-14-24-17/h4-5,12,16H,3,6-11,13-14H2,1-2H3,(H2,20,21,22). The first-order valence-corrected chi connectivity index (χ1v) is 9.34. The lowest BCUT2D eigenvalue weighted by molar-refractivity contribution is 0.174. The second-order valence-electron chi connectivity index (χ2n) is 6.83. The minimum Gasteiger partial charge on any atom is -0.454 e. The van der Waals surface area contributed by atoms with Crippen molar-refractivity contribution in [1.29, 1.82) is 0 Å². The highest BCUT2D eigenvalue weighted by molar-refractivity contribution is 5.79. The molecule has 2 heterocycles. The Hall–Kier alpha value is -1.95. The van der Waals surface area contributed by atoms with Gasteiger partial charge in [-0.05, 0) is 69.9 Å². The van der Waals surface area contributed by atoms with Crippen molar-refractivity contribution in [3.63, 3.8) is 0 Å². The lowest BCUT2D eigenvalue weighted by Crippen LogP contribution is -2.39. The maximum absolute atomic E-state index is 5.44. The molecule has 2 aliphatic rings. The van der Waals surface area contributed by atoms with Crippen LogP contribution in [-0.4, -0.2) is 57.4 Å². The molecule has 6 heteroatoms. The lowest BCUT2D eigenvalue weighted by atomic mass is 9.97. The first-order chi connectivity index (χ1) is 12.2. The zero-order valence-corrected chi connectivity index (χ0v) is 15.4. The summed E-state index contributed by atoms with van der Waals surface area (Å²) in [4.78, 5) is 7.18. The van der Waals surface area contributed by atoms with E-state index in [0.717, 1.165) is 43.5 Å². The summed E-state index contributed by atoms with van der Waals surface area (Å²) in [6.07, 6.45) is 3.42. The first-order valence-electron chi connectivity index (χ1n) is 9.34. The van der Waals surface area contributed by atoms with Gasteiger partial charge < -0.3 is 25.0 Å². The van der Waals surface area contributed by atoms with E-state index in [1.807, 2.05) is 6.07 Å². The molecule has 0 unspecified atom stereocenters. The zero-order chi connectivity index (χ0) is 17.5. The fraction of sp³-hybridized carbons (Fsp3) is 0.632. The monoisotopic (exact) mass is 346 g/mol. The highest BCUT2D eigenvalue weighted by Crippen LogP contribution is 2.32. The van der Waals surface area contributed by atoms with Crippen molar-refractivity contribution in [3.05, 3.63) is 23.8 Å². The third-order valence-electron chi connectivity index (χ3n) is 4.83. The average Bonchev–Trinajstić information content (AvgIpc) is 3.09. The number of fused-ring (bicyclic) bond motifs is 1. The molecule has 0 aliphatic carbocycles. The van der Waals surface area contributed by atoms with Gasteiger partial charge in [0.25, 0.3) is 0 Å². The number of guanidine groups is 1. The normalized spacial score (nSPS) is 18.4. The largest absolute Gasteiger partial charge is 0.454 e. The second kappa shape index (κ2) is 8.94. The SMILES string of the molecule is CCNC(=NCC1CCN(C)CC1)NCCc1ccc2c(c1)OCO2. The van der Waals surface area contributed by atoms with E-state index >= 15 is 0 Å². The molecule has 2 N–H and O–H groups in total. The minimum absolute atomic E-state index is 0.325. The van der Waals surface area contributed by atoms with Crippen LogP contribution in [-0.2, 0) is 6.42 Å². The van der Waals surface area contributed by atoms with E-state index in [1.165, 1.54) is 31.5 Å². The molecule has 2 aliphatic heterocycles. The molecular formula is C19H30N4O2. The van der Waals surface area contributed by atoms with Gasteiger partial charge in [-0.2, -0.15) is 0 Å². The van der Waals surface area contributed by atoms with E-state index in [9.17, 15) is 0 Å². The van der Waals surface area contributed by atoms with Crippen LogP contribution < -0.4 is 20.1 Å². The molecule has 138 valence electrons. The smallest absolute Gasteiger partial charge is 0.231 e. The van der Waals surface area contributed by atoms with Gasteiger partial charge in [0.2, 0.25) is 6.79 Å². The summed E-state index contributed by atoms with van der Waals surface area (Å²) in [5.74, 6) is 3.31. The van der Waals surface area contributed by atoms with Crippen LogP contribution in [0.4, 0.5) is 0 Å². The molecular weight excluding hydrogens is 316 g/mol. The number of nitrogens with zero attached hydrogens (tertiary/aromatic N) is 2. The Morgan fingerprint density at radius 1 is 1.20 bits per heavy atom. The Balaban J connectivity index is 1.45. The molecule has 25 heavy (non-hydrogen) atoms. The van der Waals surface area contributed by atoms with E-state index in [4.69, 9.17) is 14.5 Å². The molecule has 6 nitrogen and oxygen atoms in total. The van der Waals surface area contributed by atoms with Gasteiger partial charge in [-0.15, -0.1) is 0 Å². The molecule has 1 aromatic carbocycles. The van der Waals surface area contributed by atoms with Crippen LogP contribution >= 0.6 is 0 Å². The van der Waals surface area contributed by atoms with Crippen molar-refractivity contribution < 1.29 is 9.47 Å². The molecule has 0 aromatic heterocycles. The van der Waals surface area contributed by atoms with Gasteiger partial charge in [-0.25, -0.2) is 0 Å². The maximum atomic E-state index is 5.44. The Morgan fingerprint density at radius 2 is 2.00 bits per heavy atom. The zero-order valence-electron chi connectivity index (χ0n) is 15.4. The summed E-state index contributed by atoms with van der Waals surface area (Å²) in [5, 5.41) is 6.78. The van der Waals surface area contributed by atoms with Crippen molar-refractivity contribution in [3.8, 4) is 11.5 Å². The van der Waals surface area contributed by atoms with Crippen LogP contribution in [0.3, 0.4) is 0 Å². The van der Waals surface area contributed by atoms with Gasteiger partial charge in [0.15, 0.2) is 17.5 Å². The fourth-order valence-corrected chi connectivity index (χ4v) is 3.23. The molecule has 1 fully saturated rings. The molecule has 0 saturated carbocycles. The predicted octanol–water partition coefficient (Wildman–Crippen LogP) is 1.85. The third kappa shape index (κ3) is 5.26. The van der Waals surface area contributed by atoms with Gasteiger partial charge in [-0.3, -0.25) is 4.99 Å². The summed E-state index contributed by atoms with van der Waals surface area (Å²) < 4.78 is 10.8. The molecule has 0 radical (unpaired) electrons. The molecule has 1 aromatic rings. The van der Waals surface area contributed by atoms with E-state index in [1.54, 1.807) is 0 Å². The highest BCUT2D eigenvalue weighted by atomic mass is 16.7. The van der Waals surface area contributed by atoms with Crippen LogP contribution in [0, 0.1) is 5.92 Å². The molecule has 3 rings (SSSR count). The van der Waals surface area contributed by atoms with Crippen molar-refractivity contribution >= 4 is 5.96 Å². The molecule has 0 spiro atoms. The van der Waals surface area contributed by atoms with Crippen LogP contribution in [0.25, 0.3) is 0 Å². The number of ether oxygens (including phenoxy) is 2. The van der Waals surface area contributed by atoms with Gasteiger partial charge in [0.1, 0.15) is 0 Å². The first kappa shape index (κ1) is 17.9.